The quantitative estimate of drug-likeness (QED) is 0.654. The molecule has 1 saturated carbocycles. The minimum atomic E-state index is -1.16. The molecular formula is C14H17BrN2O3. The second-order valence-corrected chi connectivity index (χ2v) is 5.91. The molecule has 2 rings (SSSR count). The summed E-state index contributed by atoms with van der Waals surface area (Å²) >= 11 is 3.20. The van der Waals surface area contributed by atoms with Gasteiger partial charge in [0.05, 0.1) is 0 Å². The van der Waals surface area contributed by atoms with Gasteiger partial charge in [-0.25, -0.2) is 9.78 Å². The summed E-state index contributed by atoms with van der Waals surface area (Å²) in [5.41, 5.74) is -0.929. The van der Waals surface area contributed by atoms with Crippen LogP contribution < -0.4 is 5.32 Å². The summed E-state index contributed by atoms with van der Waals surface area (Å²) in [4.78, 5) is 27.9. The van der Waals surface area contributed by atoms with E-state index in [1.807, 2.05) is 0 Å². The number of carboxylic acids is 1. The average Bonchev–Trinajstić information content (AvgIpc) is 2.65. The van der Waals surface area contributed by atoms with E-state index in [4.69, 9.17) is 0 Å². The maximum absolute atomic E-state index is 12.2. The lowest BCUT2D eigenvalue weighted by Crippen LogP contribution is -2.54. The second-order valence-electron chi connectivity index (χ2n) is 5.10. The first-order chi connectivity index (χ1) is 9.53. The lowest BCUT2D eigenvalue weighted by Gasteiger charge is -2.29. The molecule has 0 atom stereocenters. The third kappa shape index (κ3) is 3.36. The minimum Gasteiger partial charge on any atom is -0.480 e. The molecule has 2 N–H and O–H groups in total. The van der Waals surface area contributed by atoms with Gasteiger partial charge in [0.15, 0.2) is 0 Å². The summed E-state index contributed by atoms with van der Waals surface area (Å²) in [6.45, 7) is 0. The van der Waals surface area contributed by atoms with Crippen molar-refractivity contribution in [3.8, 4) is 0 Å². The number of aliphatic carboxylic acids is 1. The number of pyridine rings is 1. The Morgan fingerprint density at radius 2 is 1.85 bits per heavy atom. The highest BCUT2D eigenvalue weighted by Gasteiger charge is 2.40. The summed E-state index contributed by atoms with van der Waals surface area (Å²) in [6.07, 6.45) is 4.61. The Balaban J connectivity index is 2.19. The topological polar surface area (TPSA) is 79.3 Å². The Hall–Kier alpha value is -1.43. The van der Waals surface area contributed by atoms with Crippen LogP contribution in [0.4, 0.5) is 0 Å². The van der Waals surface area contributed by atoms with Gasteiger partial charge in [-0.05, 0) is 40.9 Å². The fraction of sp³-hybridized carbons (Fsp3) is 0.500. The largest absolute Gasteiger partial charge is 0.480 e. The maximum atomic E-state index is 12.2. The van der Waals surface area contributed by atoms with Crippen LogP contribution in [0.1, 0.15) is 49.0 Å². The molecular weight excluding hydrogens is 324 g/mol. The summed E-state index contributed by atoms with van der Waals surface area (Å²) < 4.78 is 0.551. The number of carbonyl (C=O) groups excluding carboxylic acids is 1. The Morgan fingerprint density at radius 3 is 2.40 bits per heavy atom. The SMILES string of the molecule is O=C(NC1(C(=O)O)CCCCCC1)c1cccc(Br)n1. The summed E-state index contributed by atoms with van der Waals surface area (Å²) in [7, 11) is 0. The van der Waals surface area contributed by atoms with Crippen LogP contribution in [0, 0.1) is 0 Å². The first kappa shape index (κ1) is 15.0. The molecule has 1 heterocycles. The van der Waals surface area contributed by atoms with Crippen molar-refractivity contribution in [3.63, 3.8) is 0 Å². The Kier molecular flexibility index (Phi) is 4.75. The lowest BCUT2D eigenvalue weighted by atomic mass is 9.90. The molecule has 1 amide bonds. The number of carboxylic acid groups (broad SMARTS) is 1. The van der Waals surface area contributed by atoms with Crippen LogP contribution in [0.25, 0.3) is 0 Å². The van der Waals surface area contributed by atoms with E-state index in [1.165, 1.54) is 0 Å². The maximum Gasteiger partial charge on any atom is 0.329 e. The summed E-state index contributed by atoms with van der Waals surface area (Å²) in [6, 6.07) is 4.99. The molecule has 20 heavy (non-hydrogen) atoms. The molecule has 0 aliphatic heterocycles. The van der Waals surface area contributed by atoms with Gasteiger partial charge < -0.3 is 10.4 Å². The molecule has 1 aliphatic carbocycles. The van der Waals surface area contributed by atoms with Crippen molar-refractivity contribution >= 4 is 27.8 Å². The Morgan fingerprint density at radius 1 is 1.20 bits per heavy atom. The van der Waals surface area contributed by atoms with Gasteiger partial charge in [-0.3, -0.25) is 4.79 Å². The third-order valence-corrected chi connectivity index (χ3v) is 4.11. The van der Waals surface area contributed by atoms with Crippen LogP contribution in [-0.4, -0.2) is 27.5 Å². The molecule has 5 nitrogen and oxygen atoms in total. The van der Waals surface area contributed by atoms with E-state index in [0.717, 1.165) is 25.7 Å². The van der Waals surface area contributed by atoms with Crippen molar-refractivity contribution < 1.29 is 14.7 Å². The fourth-order valence-corrected chi connectivity index (χ4v) is 2.88. The van der Waals surface area contributed by atoms with E-state index in [2.05, 4.69) is 26.2 Å². The van der Waals surface area contributed by atoms with E-state index in [0.29, 0.717) is 17.4 Å². The summed E-state index contributed by atoms with van der Waals surface area (Å²) in [5, 5.41) is 12.2. The van der Waals surface area contributed by atoms with Crippen molar-refractivity contribution in [2.45, 2.75) is 44.1 Å². The zero-order valence-electron chi connectivity index (χ0n) is 11.1. The zero-order valence-corrected chi connectivity index (χ0v) is 12.6. The van der Waals surface area contributed by atoms with Crippen LogP contribution in [0.3, 0.4) is 0 Å². The van der Waals surface area contributed by atoms with Crippen molar-refractivity contribution in [1.29, 1.82) is 0 Å². The predicted octanol–water partition coefficient (Wildman–Crippen LogP) is 2.75. The van der Waals surface area contributed by atoms with Gasteiger partial charge in [0.25, 0.3) is 5.91 Å². The van der Waals surface area contributed by atoms with Crippen LogP contribution >= 0.6 is 15.9 Å². The van der Waals surface area contributed by atoms with E-state index in [9.17, 15) is 14.7 Å². The monoisotopic (exact) mass is 340 g/mol. The number of rotatable bonds is 3. The molecule has 108 valence electrons. The van der Waals surface area contributed by atoms with Gasteiger partial charge in [-0.15, -0.1) is 0 Å². The highest BCUT2D eigenvalue weighted by atomic mass is 79.9. The Bertz CT molecular complexity index is 511. The number of amides is 1. The normalized spacial score (nSPS) is 18.1. The van der Waals surface area contributed by atoms with E-state index < -0.39 is 17.4 Å². The molecule has 1 fully saturated rings. The molecule has 6 heteroatoms. The second kappa shape index (κ2) is 6.35. The van der Waals surface area contributed by atoms with Crippen molar-refractivity contribution in [3.05, 3.63) is 28.5 Å². The molecule has 0 spiro atoms. The minimum absolute atomic E-state index is 0.226. The highest BCUT2D eigenvalue weighted by Crippen LogP contribution is 2.27. The van der Waals surface area contributed by atoms with Crippen molar-refractivity contribution in [1.82, 2.24) is 10.3 Å². The molecule has 0 unspecified atom stereocenters. The van der Waals surface area contributed by atoms with Crippen molar-refractivity contribution in [2.24, 2.45) is 0 Å². The van der Waals surface area contributed by atoms with E-state index in [-0.39, 0.29) is 5.69 Å². The standard InChI is InChI=1S/C14H17BrN2O3/c15-11-7-5-6-10(16-11)12(18)17-14(13(19)20)8-3-1-2-4-9-14/h5-7H,1-4,8-9H2,(H,17,18)(H,19,20). The number of carbonyl (C=O) groups is 2. The first-order valence-electron chi connectivity index (χ1n) is 6.72. The molecule has 1 aromatic heterocycles. The van der Waals surface area contributed by atoms with Crippen LogP contribution in [0.5, 0.6) is 0 Å². The smallest absolute Gasteiger partial charge is 0.329 e. The molecule has 0 bridgehead atoms. The predicted molar refractivity (Wildman–Crippen MR) is 77.5 cm³/mol. The number of hydrogen-bond donors (Lipinski definition) is 2. The Labute approximate surface area is 125 Å². The van der Waals surface area contributed by atoms with Gasteiger partial charge in [0.2, 0.25) is 0 Å². The van der Waals surface area contributed by atoms with E-state index >= 15 is 0 Å². The molecule has 0 radical (unpaired) electrons. The van der Waals surface area contributed by atoms with Gasteiger partial charge in [-0.2, -0.15) is 0 Å². The zero-order chi connectivity index (χ0) is 14.6. The molecule has 1 aromatic rings. The summed E-state index contributed by atoms with van der Waals surface area (Å²) in [5.74, 6) is -1.39. The molecule has 1 aliphatic rings. The molecule has 0 aromatic carbocycles. The van der Waals surface area contributed by atoms with Gasteiger partial charge >= 0.3 is 5.97 Å². The number of nitrogens with one attached hydrogen (secondary N) is 1. The van der Waals surface area contributed by atoms with Gasteiger partial charge in [0, 0.05) is 0 Å². The average molecular weight is 341 g/mol. The lowest BCUT2D eigenvalue weighted by molar-refractivity contribution is -0.145. The number of nitrogens with zero attached hydrogens (tertiary/aromatic N) is 1. The fourth-order valence-electron chi connectivity index (χ4n) is 2.54. The highest BCUT2D eigenvalue weighted by molar-refractivity contribution is 9.10. The van der Waals surface area contributed by atoms with Gasteiger partial charge in [0.1, 0.15) is 15.8 Å². The van der Waals surface area contributed by atoms with Crippen LogP contribution in [0.15, 0.2) is 22.8 Å². The number of hydrogen-bond acceptors (Lipinski definition) is 3. The van der Waals surface area contributed by atoms with Crippen LogP contribution in [0.2, 0.25) is 0 Å². The molecule has 0 saturated heterocycles. The van der Waals surface area contributed by atoms with Gasteiger partial charge in [-0.1, -0.05) is 31.7 Å². The first-order valence-corrected chi connectivity index (χ1v) is 7.51. The number of aromatic nitrogens is 1. The van der Waals surface area contributed by atoms with E-state index in [1.54, 1.807) is 18.2 Å². The third-order valence-electron chi connectivity index (χ3n) is 3.67. The van der Waals surface area contributed by atoms with Crippen LogP contribution in [-0.2, 0) is 4.79 Å². The van der Waals surface area contributed by atoms with Crippen molar-refractivity contribution in [2.75, 3.05) is 0 Å². The number of halogens is 1.